The van der Waals surface area contributed by atoms with Crippen molar-refractivity contribution in [3.63, 3.8) is 0 Å². The van der Waals surface area contributed by atoms with Crippen LogP contribution < -0.4 is 10.6 Å². The number of pyridine rings is 1. The molecule has 1 unspecified atom stereocenters. The number of H-pyrrole nitrogens is 1. The van der Waals surface area contributed by atoms with E-state index in [4.69, 9.17) is 0 Å². The predicted octanol–water partition coefficient (Wildman–Crippen LogP) is 3.61. The number of carbonyl (C=O) groups excluding carboxylic acids is 1. The molecular weight excluding hydrogens is 348 g/mol. The molecule has 2 aliphatic carbocycles. The molecule has 26 heavy (non-hydrogen) atoms. The number of carbonyl (C=O) groups is 1. The first-order valence-corrected chi connectivity index (χ1v) is 9.93. The van der Waals surface area contributed by atoms with Gasteiger partial charge in [0.15, 0.2) is 10.8 Å². The van der Waals surface area contributed by atoms with Gasteiger partial charge in [0.05, 0.1) is 11.7 Å². The Morgan fingerprint density at radius 2 is 2.19 bits per heavy atom. The molecule has 3 N–H and O–H groups in total. The second kappa shape index (κ2) is 6.05. The number of nitrogens with zero attached hydrogens (tertiary/aromatic N) is 3. The topological polar surface area (TPSA) is 95.6 Å². The van der Waals surface area contributed by atoms with Gasteiger partial charge in [-0.05, 0) is 37.2 Å². The number of hydrogen-bond donors (Lipinski definition) is 3. The van der Waals surface area contributed by atoms with E-state index >= 15 is 0 Å². The molecule has 2 fully saturated rings. The maximum absolute atomic E-state index is 13.0. The van der Waals surface area contributed by atoms with Crippen LogP contribution in [0.4, 0.5) is 10.9 Å². The molecule has 7 nitrogen and oxygen atoms in total. The summed E-state index contributed by atoms with van der Waals surface area (Å²) in [4.78, 5) is 21.8. The summed E-state index contributed by atoms with van der Waals surface area (Å²) < 4.78 is 0. The highest BCUT2D eigenvalue weighted by atomic mass is 32.1. The minimum absolute atomic E-state index is 0.127. The quantitative estimate of drug-likeness (QED) is 0.654. The van der Waals surface area contributed by atoms with Crippen LogP contribution in [0.1, 0.15) is 49.0 Å². The number of rotatable bonds is 4. The summed E-state index contributed by atoms with van der Waals surface area (Å²) in [6.07, 6.45) is 10.8. The van der Waals surface area contributed by atoms with E-state index in [1.165, 1.54) is 43.4 Å². The van der Waals surface area contributed by atoms with Gasteiger partial charge < -0.3 is 10.6 Å². The predicted molar refractivity (Wildman–Crippen MR) is 101 cm³/mol. The maximum Gasteiger partial charge on any atom is 0.272 e. The van der Waals surface area contributed by atoms with Gasteiger partial charge in [0.2, 0.25) is 0 Å². The van der Waals surface area contributed by atoms with Gasteiger partial charge >= 0.3 is 0 Å². The third-order valence-electron chi connectivity index (χ3n) is 5.89. The standard InChI is InChI=1S/C18H20N6OS/c25-16(21-12-3-6-18(12)4-1-2-5-18)15-14-11(10-20-24-14)9-13(22-15)23-17-19-7-8-26-17/h7-10,12H,1-6H2,(H,20,24)(H,21,25)(H,19,22,23). The average Bonchev–Trinajstić information content (AvgIpc) is 3.38. The van der Waals surface area contributed by atoms with Crippen molar-refractivity contribution >= 4 is 39.1 Å². The molecule has 3 aromatic heterocycles. The molecule has 134 valence electrons. The lowest BCUT2D eigenvalue weighted by atomic mass is 9.63. The summed E-state index contributed by atoms with van der Waals surface area (Å²) in [6, 6.07) is 2.14. The molecule has 2 aliphatic rings. The first-order chi connectivity index (χ1) is 12.7. The number of fused-ring (bicyclic) bond motifs is 1. The lowest BCUT2D eigenvalue weighted by Gasteiger charge is -2.47. The fourth-order valence-corrected chi connectivity index (χ4v) is 4.94. The van der Waals surface area contributed by atoms with Crippen molar-refractivity contribution < 1.29 is 4.79 Å². The third kappa shape index (κ3) is 2.56. The molecule has 0 aromatic carbocycles. The van der Waals surface area contributed by atoms with E-state index in [1.54, 1.807) is 12.4 Å². The zero-order valence-corrected chi connectivity index (χ0v) is 15.1. The number of hydrogen-bond acceptors (Lipinski definition) is 6. The van der Waals surface area contributed by atoms with E-state index in [1.807, 2.05) is 11.4 Å². The number of aromatic nitrogens is 4. The molecule has 1 atom stereocenters. The normalized spacial score (nSPS) is 21.0. The summed E-state index contributed by atoms with van der Waals surface area (Å²) in [7, 11) is 0. The summed E-state index contributed by atoms with van der Waals surface area (Å²) in [5.74, 6) is 0.473. The van der Waals surface area contributed by atoms with Crippen LogP contribution in [0, 0.1) is 5.41 Å². The van der Waals surface area contributed by atoms with Crippen LogP contribution in [-0.2, 0) is 0 Å². The fraction of sp³-hybridized carbons (Fsp3) is 0.444. The molecule has 1 spiro atoms. The van der Waals surface area contributed by atoms with Crippen LogP contribution in [0.5, 0.6) is 0 Å². The Morgan fingerprint density at radius 3 is 2.92 bits per heavy atom. The van der Waals surface area contributed by atoms with Gasteiger partial charge in [-0.25, -0.2) is 9.97 Å². The van der Waals surface area contributed by atoms with E-state index in [9.17, 15) is 4.79 Å². The lowest BCUT2D eigenvalue weighted by Crippen LogP contribution is -2.54. The fourth-order valence-electron chi connectivity index (χ4n) is 4.40. The number of nitrogens with one attached hydrogen (secondary N) is 3. The molecule has 2 saturated carbocycles. The van der Waals surface area contributed by atoms with E-state index in [0.29, 0.717) is 22.4 Å². The summed E-state index contributed by atoms with van der Waals surface area (Å²) in [5.41, 5.74) is 1.39. The first kappa shape index (κ1) is 15.7. The van der Waals surface area contributed by atoms with Crippen molar-refractivity contribution in [2.75, 3.05) is 5.32 Å². The number of anilines is 2. The smallest absolute Gasteiger partial charge is 0.272 e. The highest BCUT2D eigenvalue weighted by Crippen LogP contribution is 2.53. The highest BCUT2D eigenvalue weighted by Gasteiger charge is 2.48. The van der Waals surface area contributed by atoms with Gasteiger partial charge in [-0.15, -0.1) is 11.3 Å². The Morgan fingerprint density at radius 1 is 1.31 bits per heavy atom. The zero-order chi connectivity index (χ0) is 17.6. The van der Waals surface area contributed by atoms with Crippen molar-refractivity contribution in [2.24, 2.45) is 5.41 Å². The van der Waals surface area contributed by atoms with Crippen molar-refractivity contribution in [3.05, 3.63) is 29.5 Å². The molecule has 1 amide bonds. The van der Waals surface area contributed by atoms with Gasteiger partial charge in [-0.2, -0.15) is 5.10 Å². The molecule has 0 bridgehead atoms. The number of thiazole rings is 1. The van der Waals surface area contributed by atoms with Crippen molar-refractivity contribution in [1.29, 1.82) is 0 Å². The van der Waals surface area contributed by atoms with Gasteiger partial charge in [-0.1, -0.05) is 12.8 Å². The van der Waals surface area contributed by atoms with Crippen LogP contribution >= 0.6 is 11.3 Å². The average molecular weight is 368 g/mol. The molecule has 8 heteroatoms. The first-order valence-electron chi connectivity index (χ1n) is 9.05. The van der Waals surface area contributed by atoms with Gasteiger partial charge in [0, 0.05) is 23.0 Å². The Balaban J connectivity index is 1.43. The Hall–Kier alpha value is -2.48. The minimum atomic E-state index is -0.127. The minimum Gasteiger partial charge on any atom is -0.347 e. The second-order valence-electron chi connectivity index (χ2n) is 7.29. The molecule has 0 aliphatic heterocycles. The largest absolute Gasteiger partial charge is 0.347 e. The molecule has 0 radical (unpaired) electrons. The molecule has 0 saturated heterocycles. The van der Waals surface area contributed by atoms with Crippen LogP contribution in [0.2, 0.25) is 0 Å². The number of amides is 1. The Bertz CT molecular complexity index is 944. The van der Waals surface area contributed by atoms with Crippen LogP contribution in [-0.4, -0.2) is 32.1 Å². The van der Waals surface area contributed by atoms with E-state index in [2.05, 4.69) is 30.8 Å². The van der Waals surface area contributed by atoms with Crippen LogP contribution in [0.3, 0.4) is 0 Å². The van der Waals surface area contributed by atoms with E-state index < -0.39 is 0 Å². The molecule has 3 heterocycles. The SMILES string of the molecule is O=C(NC1CCC12CCCC2)c1nc(Nc2nccs2)cc2cn[nH]c12. The summed E-state index contributed by atoms with van der Waals surface area (Å²) >= 11 is 1.49. The number of aromatic amines is 1. The Labute approximate surface area is 154 Å². The van der Waals surface area contributed by atoms with Crippen molar-refractivity contribution in [2.45, 2.75) is 44.6 Å². The van der Waals surface area contributed by atoms with Crippen LogP contribution in [0.25, 0.3) is 10.9 Å². The Kier molecular flexibility index (Phi) is 3.66. The van der Waals surface area contributed by atoms with Crippen molar-refractivity contribution in [3.8, 4) is 0 Å². The molecule has 5 rings (SSSR count). The molecule has 3 aromatic rings. The van der Waals surface area contributed by atoms with Crippen LogP contribution in [0.15, 0.2) is 23.8 Å². The van der Waals surface area contributed by atoms with E-state index in [-0.39, 0.29) is 11.9 Å². The molecular formula is C18H20N6OS. The van der Waals surface area contributed by atoms with Gasteiger partial charge in [-0.3, -0.25) is 9.89 Å². The van der Waals surface area contributed by atoms with Gasteiger partial charge in [0.25, 0.3) is 5.91 Å². The summed E-state index contributed by atoms with van der Waals surface area (Å²) in [6.45, 7) is 0. The van der Waals surface area contributed by atoms with Crippen molar-refractivity contribution in [1.82, 2.24) is 25.5 Å². The third-order valence-corrected chi connectivity index (χ3v) is 6.58. The van der Waals surface area contributed by atoms with Gasteiger partial charge in [0.1, 0.15) is 5.82 Å². The maximum atomic E-state index is 13.0. The lowest BCUT2D eigenvalue weighted by molar-refractivity contribution is 0.0580. The second-order valence-corrected chi connectivity index (χ2v) is 8.18. The summed E-state index contributed by atoms with van der Waals surface area (Å²) in [5, 5.41) is 16.9. The highest BCUT2D eigenvalue weighted by molar-refractivity contribution is 7.13. The zero-order valence-electron chi connectivity index (χ0n) is 14.3. The van der Waals surface area contributed by atoms with E-state index in [0.717, 1.165) is 16.9 Å². The monoisotopic (exact) mass is 368 g/mol.